The van der Waals surface area contributed by atoms with Crippen LogP contribution in [0.5, 0.6) is 0 Å². The Morgan fingerprint density at radius 3 is 2.86 bits per heavy atom. The van der Waals surface area contributed by atoms with Crippen LogP contribution in [0, 0.1) is 5.92 Å². The molecule has 2 saturated heterocycles. The minimum absolute atomic E-state index is 0.0555. The minimum Gasteiger partial charge on any atom is -0.374 e. The minimum atomic E-state index is 0.0555. The molecule has 0 spiro atoms. The van der Waals surface area contributed by atoms with Crippen LogP contribution in [0.15, 0.2) is 12.1 Å². The van der Waals surface area contributed by atoms with Crippen molar-refractivity contribution in [2.75, 3.05) is 6.54 Å². The molecule has 0 unspecified atom stereocenters. The third kappa shape index (κ3) is 2.36. The highest BCUT2D eigenvalue weighted by atomic mass is 35.5. The van der Waals surface area contributed by atoms with E-state index in [1.807, 2.05) is 11.0 Å². The smallest absolute Gasteiger partial charge is 0.228 e. The van der Waals surface area contributed by atoms with Crippen molar-refractivity contribution in [3.8, 4) is 0 Å². The summed E-state index contributed by atoms with van der Waals surface area (Å²) in [5.41, 5.74) is 2.21. The largest absolute Gasteiger partial charge is 0.374 e. The summed E-state index contributed by atoms with van der Waals surface area (Å²) in [4.78, 5) is 14.7. The predicted molar refractivity (Wildman–Crippen MR) is 81.6 cm³/mol. The van der Waals surface area contributed by atoms with Gasteiger partial charge in [0.05, 0.1) is 18.1 Å². The van der Waals surface area contributed by atoms with Gasteiger partial charge in [-0.05, 0) is 48.9 Å². The predicted octanol–water partition coefficient (Wildman–Crippen LogP) is 3.45. The number of carbonyl (C=O) groups is 1. The van der Waals surface area contributed by atoms with Crippen LogP contribution in [-0.4, -0.2) is 29.6 Å². The maximum Gasteiger partial charge on any atom is 0.228 e. The molecule has 21 heavy (non-hydrogen) atoms. The summed E-state index contributed by atoms with van der Waals surface area (Å²) in [5, 5.41) is 1.35. The average Bonchev–Trinajstić information content (AvgIpc) is 3.08. The van der Waals surface area contributed by atoms with Gasteiger partial charge in [0.15, 0.2) is 0 Å². The van der Waals surface area contributed by atoms with E-state index in [0.29, 0.717) is 22.7 Å². The molecule has 3 heterocycles. The van der Waals surface area contributed by atoms with Crippen molar-refractivity contribution in [1.29, 1.82) is 0 Å². The number of halogens is 2. The fraction of sp³-hybridized carbons (Fsp3) is 0.562. The van der Waals surface area contributed by atoms with Gasteiger partial charge in [-0.1, -0.05) is 23.2 Å². The maximum absolute atomic E-state index is 12.7. The lowest BCUT2D eigenvalue weighted by molar-refractivity contribution is -0.138. The molecule has 0 aliphatic carbocycles. The normalized spacial score (nSPS) is 30.6. The molecule has 2 fully saturated rings. The number of ether oxygens (including phenoxy) is 1. The third-order valence-corrected chi connectivity index (χ3v) is 5.54. The van der Waals surface area contributed by atoms with E-state index in [2.05, 4.69) is 0 Å². The first-order valence-electron chi connectivity index (χ1n) is 7.53. The Hall–Kier alpha value is -0.770. The Kier molecular flexibility index (Phi) is 3.40. The van der Waals surface area contributed by atoms with E-state index in [9.17, 15) is 4.79 Å². The molecule has 0 saturated carbocycles. The standard InChI is InChI=1S/C16H17Cl2NO2/c17-10-5-9-8-19(4-3-12(9)14(18)6-10)16(20)13-7-11-1-2-15(13)21-11/h5-6,11,13,15H,1-4,7-8H2/t11-,13-,15-/m1/s1. The van der Waals surface area contributed by atoms with Gasteiger partial charge in [0.1, 0.15) is 0 Å². The zero-order chi connectivity index (χ0) is 14.6. The summed E-state index contributed by atoms with van der Waals surface area (Å²) in [6.45, 7) is 1.35. The zero-order valence-corrected chi connectivity index (χ0v) is 13.2. The fourth-order valence-electron chi connectivity index (χ4n) is 3.93. The monoisotopic (exact) mass is 325 g/mol. The first-order valence-corrected chi connectivity index (χ1v) is 8.28. The molecule has 3 atom stereocenters. The second-order valence-electron chi connectivity index (χ2n) is 6.25. The molecule has 0 N–H and O–H groups in total. The van der Waals surface area contributed by atoms with Crippen molar-refractivity contribution in [3.05, 3.63) is 33.3 Å². The molecule has 5 heteroatoms. The first kappa shape index (κ1) is 13.9. The van der Waals surface area contributed by atoms with Gasteiger partial charge in [-0.2, -0.15) is 0 Å². The number of amides is 1. The fourth-order valence-corrected chi connectivity index (χ4v) is 4.56. The van der Waals surface area contributed by atoms with Gasteiger partial charge < -0.3 is 9.64 Å². The molecule has 1 aromatic carbocycles. The van der Waals surface area contributed by atoms with Crippen LogP contribution >= 0.6 is 23.2 Å². The Morgan fingerprint density at radius 1 is 1.29 bits per heavy atom. The molecule has 1 aromatic rings. The molecule has 2 bridgehead atoms. The Morgan fingerprint density at radius 2 is 2.14 bits per heavy atom. The highest BCUT2D eigenvalue weighted by Gasteiger charge is 2.46. The summed E-state index contributed by atoms with van der Waals surface area (Å²) >= 11 is 12.3. The van der Waals surface area contributed by atoms with Crippen LogP contribution in [-0.2, 0) is 22.5 Å². The lowest BCUT2D eigenvalue weighted by Gasteiger charge is -2.33. The summed E-state index contributed by atoms with van der Waals surface area (Å²) in [7, 11) is 0. The van der Waals surface area contributed by atoms with Crippen LogP contribution in [0.3, 0.4) is 0 Å². The number of nitrogens with zero attached hydrogens (tertiary/aromatic N) is 1. The van der Waals surface area contributed by atoms with E-state index in [4.69, 9.17) is 27.9 Å². The van der Waals surface area contributed by atoms with Gasteiger partial charge in [-0.25, -0.2) is 0 Å². The van der Waals surface area contributed by atoms with Gasteiger partial charge in [0.2, 0.25) is 5.91 Å². The maximum atomic E-state index is 12.7. The number of rotatable bonds is 1. The van der Waals surface area contributed by atoms with Crippen LogP contribution in [0.4, 0.5) is 0 Å². The van der Waals surface area contributed by atoms with Gasteiger partial charge in [0, 0.05) is 23.1 Å². The quantitative estimate of drug-likeness (QED) is 0.791. The molecule has 0 radical (unpaired) electrons. The molecule has 3 aliphatic rings. The topological polar surface area (TPSA) is 29.5 Å². The number of hydrogen-bond acceptors (Lipinski definition) is 2. The van der Waals surface area contributed by atoms with Crippen LogP contribution in [0.1, 0.15) is 30.4 Å². The van der Waals surface area contributed by atoms with E-state index in [1.165, 1.54) is 0 Å². The van der Waals surface area contributed by atoms with Crippen LogP contribution in [0.25, 0.3) is 0 Å². The molecular formula is C16H17Cl2NO2. The summed E-state index contributed by atoms with van der Waals surface area (Å²) < 4.78 is 5.81. The highest BCUT2D eigenvalue weighted by molar-refractivity contribution is 6.35. The van der Waals surface area contributed by atoms with Crippen molar-refractivity contribution in [3.63, 3.8) is 0 Å². The molecular weight excluding hydrogens is 309 g/mol. The van der Waals surface area contributed by atoms with Crippen molar-refractivity contribution < 1.29 is 9.53 Å². The van der Waals surface area contributed by atoms with Gasteiger partial charge in [-0.3, -0.25) is 4.79 Å². The lowest BCUT2D eigenvalue weighted by Crippen LogP contribution is -2.42. The molecule has 3 nitrogen and oxygen atoms in total. The molecule has 0 aromatic heterocycles. The SMILES string of the molecule is O=C([C@@H]1C[C@H]2CC[C@H]1O2)N1CCc2c(Cl)cc(Cl)cc2C1. The van der Waals surface area contributed by atoms with Crippen molar-refractivity contribution in [2.45, 2.75) is 44.4 Å². The Balaban J connectivity index is 1.54. The second-order valence-corrected chi connectivity index (χ2v) is 7.09. The van der Waals surface area contributed by atoms with Crippen molar-refractivity contribution >= 4 is 29.1 Å². The average molecular weight is 326 g/mol. The first-order chi connectivity index (χ1) is 10.1. The highest BCUT2D eigenvalue weighted by Crippen LogP contribution is 2.40. The second kappa shape index (κ2) is 5.15. The Labute approximate surface area is 134 Å². The lowest BCUT2D eigenvalue weighted by atomic mass is 9.87. The molecule has 1 amide bonds. The van der Waals surface area contributed by atoms with E-state index in [-0.39, 0.29) is 17.9 Å². The van der Waals surface area contributed by atoms with E-state index in [1.54, 1.807) is 6.07 Å². The van der Waals surface area contributed by atoms with Gasteiger partial charge in [0.25, 0.3) is 0 Å². The Bertz CT molecular complexity index is 604. The van der Waals surface area contributed by atoms with E-state index < -0.39 is 0 Å². The van der Waals surface area contributed by atoms with E-state index in [0.717, 1.165) is 43.4 Å². The number of fused-ring (bicyclic) bond motifs is 3. The summed E-state index contributed by atoms with van der Waals surface area (Å²) in [5.74, 6) is 0.295. The summed E-state index contributed by atoms with van der Waals surface area (Å²) in [6.07, 6.45) is 4.30. The van der Waals surface area contributed by atoms with Crippen molar-refractivity contribution in [2.24, 2.45) is 5.92 Å². The number of hydrogen-bond donors (Lipinski definition) is 0. The molecule has 3 aliphatic heterocycles. The van der Waals surface area contributed by atoms with Crippen molar-refractivity contribution in [1.82, 2.24) is 4.90 Å². The zero-order valence-electron chi connectivity index (χ0n) is 11.6. The molecule has 112 valence electrons. The van der Waals surface area contributed by atoms with E-state index >= 15 is 0 Å². The molecule has 4 rings (SSSR count). The third-order valence-electron chi connectivity index (χ3n) is 4.98. The van der Waals surface area contributed by atoms with Gasteiger partial charge in [-0.15, -0.1) is 0 Å². The van der Waals surface area contributed by atoms with Gasteiger partial charge >= 0.3 is 0 Å². The van der Waals surface area contributed by atoms with Crippen LogP contribution in [0.2, 0.25) is 10.0 Å². The summed E-state index contributed by atoms with van der Waals surface area (Å²) in [6, 6.07) is 3.71. The number of benzene rings is 1. The van der Waals surface area contributed by atoms with Crippen LogP contribution < -0.4 is 0 Å². The number of carbonyl (C=O) groups excluding carboxylic acids is 1.